The summed E-state index contributed by atoms with van der Waals surface area (Å²) in [5.74, 6) is 0. The first-order chi connectivity index (χ1) is 6.18. The van der Waals surface area contributed by atoms with Crippen LogP contribution in [0, 0.1) is 5.41 Å². The Morgan fingerprint density at radius 2 is 2.15 bits per heavy atom. The average molecular weight is 187 g/mol. The molecule has 0 aliphatic carbocycles. The summed E-state index contributed by atoms with van der Waals surface area (Å²) >= 11 is 0. The fourth-order valence-corrected chi connectivity index (χ4v) is 1.37. The maximum Gasteiger partial charge on any atom is 0.404 e. The molecule has 1 fully saturated rings. The molecule has 1 aliphatic heterocycles. The number of nitrogens with one attached hydrogen (secondary N) is 1. The van der Waals surface area contributed by atoms with E-state index in [2.05, 4.69) is 5.32 Å². The summed E-state index contributed by atoms with van der Waals surface area (Å²) in [4.78, 5) is 21.0. The smallest absolute Gasteiger partial charge is 0.404 e. The Hall–Kier alpha value is -1.10. The Morgan fingerprint density at radius 3 is 2.62 bits per heavy atom. The summed E-state index contributed by atoms with van der Waals surface area (Å²) < 4.78 is 5.10. The summed E-state index contributed by atoms with van der Waals surface area (Å²) in [5, 5.41) is 10.6. The molecule has 2 N–H and O–H groups in total. The van der Waals surface area contributed by atoms with Gasteiger partial charge in [0, 0.05) is 25.2 Å². The van der Waals surface area contributed by atoms with Crippen molar-refractivity contribution in [1.29, 1.82) is 0 Å². The van der Waals surface area contributed by atoms with E-state index in [-0.39, 0.29) is 6.54 Å². The van der Waals surface area contributed by atoms with Crippen LogP contribution >= 0.6 is 0 Å². The zero-order valence-electron chi connectivity index (χ0n) is 7.28. The summed E-state index contributed by atoms with van der Waals surface area (Å²) in [6.45, 7) is 1.25. The first-order valence-corrected chi connectivity index (χ1v) is 4.19. The second-order valence-electron chi connectivity index (χ2n) is 3.25. The Balaban J connectivity index is 2.47. The van der Waals surface area contributed by atoms with Crippen LogP contribution in [0.5, 0.6) is 0 Å². The first-order valence-electron chi connectivity index (χ1n) is 4.19. The van der Waals surface area contributed by atoms with Crippen LogP contribution in [0.2, 0.25) is 0 Å². The second kappa shape index (κ2) is 4.23. The summed E-state index contributed by atoms with van der Waals surface area (Å²) in [5.41, 5.74) is -0.545. The van der Waals surface area contributed by atoms with Crippen LogP contribution in [-0.4, -0.2) is 37.2 Å². The predicted octanol–water partition coefficient (Wildman–Crippen LogP) is 0.250. The molecule has 0 radical (unpaired) electrons. The molecule has 0 aromatic rings. The van der Waals surface area contributed by atoms with E-state index in [1.807, 2.05) is 0 Å². The lowest BCUT2D eigenvalue weighted by Crippen LogP contribution is -2.42. The van der Waals surface area contributed by atoms with Crippen LogP contribution in [-0.2, 0) is 9.53 Å². The van der Waals surface area contributed by atoms with Crippen LogP contribution in [0.4, 0.5) is 4.79 Å². The molecule has 0 bridgehead atoms. The van der Waals surface area contributed by atoms with Crippen molar-refractivity contribution in [2.75, 3.05) is 19.8 Å². The monoisotopic (exact) mass is 187 g/mol. The molecule has 1 amide bonds. The number of hydrogen-bond acceptors (Lipinski definition) is 3. The Morgan fingerprint density at radius 1 is 1.54 bits per heavy atom. The van der Waals surface area contributed by atoms with E-state index >= 15 is 0 Å². The van der Waals surface area contributed by atoms with E-state index in [4.69, 9.17) is 9.84 Å². The van der Waals surface area contributed by atoms with Crippen molar-refractivity contribution < 1.29 is 19.4 Å². The lowest BCUT2D eigenvalue weighted by atomic mass is 9.82. The largest absolute Gasteiger partial charge is 0.465 e. The molecule has 5 heteroatoms. The minimum absolute atomic E-state index is 0.190. The van der Waals surface area contributed by atoms with Crippen molar-refractivity contribution in [3.63, 3.8) is 0 Å². The number of hydrogen-bond donors (Lipinski definition) is 2. The van der Waals surface area contributed by atoms with Crippen LogP contribution in [0.3, 0.4) is 0 Å². The third-order valence-corrected chi connectivity index (χ3v) is 2.33. The Labute approximate surface area is 76.1 Å². The van der Waals surface area contributed by atoms with Gasteiger partial charge in [0.25, 0.3) is 0 Å². The molecule has 0 atom stereocenters. The van der Waals surface area contributed by atoms with Gasteiger partial charge in [-0.1, -0.05) is 0 Å². The second-order valence-corrected chi connectivity index (χ2v) is 3.25. The SMILES string of the molecule is O=CC1(CNC(=O)O)CCOCC1. The van der Waals surface area contributed by atoms with Gasteiger partial charge in [0.1, 0.15) is 6.29 Å². The molecule has 0 unspecified atom stereocenters. The Kier molecular flexibility index (Phi) is 3.25. The predicted molar refractivity (Wildman–Crippen MR) is 44.6 cm³/mol. The normalized spacial score (nSPS) is 20.6. The molecule has 74 valence electrons. The van der Waals surface area contributed by atoms with Gasteiger partial charge in [0.05, 0.1) is 0 Å². The molecule has 0 aromatic carbocycles. The van der Waals surface area contributed by atoms with E-state index in [9.17, 15) is 9.59 Å². The van der Waals surface area contributed by atoms with Gasteiger partial charge in [0.2, 0.25) is 0 Å². The highest BCUT2D eigenvalue weighted by atomic mass is 16.5. The third-order valence-electron chi connectivity index (χ3n) is 2.33. The maximum absolute atomic E-state index is 10.8. The Bertz CT molecular complexity index is 198. The van der Waals surface area contributed by atoms with Crippen molar-refractivity contribution in [3.05, 3.63) is 0 Å². The summed E-state index contributed by atoms with van der Waals surface area (Å²) in [6, 6.07) is 0. The fraction of sp³-hybridized carbons (Fsp3) is 0.750. The standard InChI is InChI=1S/C8H13NO4/c10-6-8(5-9-7(11)12)1-3-13-4-2-8/h6,9H,1-5H2,(H,11,12). The molecule has 1 heterocycles. The number of carbonyl (C=O) groups excluding carboxylic acids is 1. The summed E-state index contributed by atoms with van der Waals surface area (Å²) in [7, 11) is 0. The summed E-state index contributed by atoms with van der Waals surface area (Å²) in [6.07, 6.45) is 0.937. The lowest BCUT2D eigenvalue weighted by molar-refractivity contribution is -0.120. The highest BCUT2D eigenvalue weighted by molar-refractivity contribution is 5.66. The number of amides is 1. The molecule has 0 aromatic heterocycles. The quantitative estimate of drug-likeness (QED) is 0.621. The zero-order chi connectivity index (χ0) is 9.73. The number of carbonyl (C=O) groups is 2. The van der Waals surface area contributed by atoms with Gasteiger partial charge in [-0.05, 0) is 12.8 Å². The van der Waals surface area contributed by atoms with Crippen molar-refractivity contribution in [2.24, 2.45) is 5.41 Å². The number of carboxylic acid groups (broad SMARTS) is 1. The van der Waals surface area contributed by atoms with Gasteiger partial charge in [-0.2, -0.15) is 0 Å². The molecule has 1 aliphatic rings. The lowest BCUT2D eigenvalue weighted by Gasteiger charge is -2.31. The molecule has 0 saturated carbocycles. The van der Waals surface area contributed by atoms with Crippen LogP contribution in [0.25, 0.3) is 0 Å². The van der Waals surface area contributed by atoms with E-state index in [1.165, 1.54) is 0 Å². The van der Waals surface area contributed by atoms with Gasteiger partial charge in [-0.3, -0.25) is 0 Å². The van der Waals surface area contributed by atoms with E-state index in [0.29, 0.717) is 26.1 Å². The van der Waals surface area contributed by atoms with Crippen molar-refractivity contribution in [3.8, 4) is 0 Å². The van der Waals surface area contributed by atoms with Gasteiger partial charge in [0.15, 0.2) is 0 Å². The van der Waals surface area contributed by atoms with Gasteiger partial charge >= 0.3 is 6.09 Å². The van der Waals surface area contributed by atoms with Crippen molar-refractivity contribution in [1.82, 2.24) is 5.32 Å². The minimum Gasteiger partial charge on any atom is -0.465 e. The topological polar surface area (TPSA) is 75.6 Å². The van der Waals surface area contributed by atoms with Gasteiger partial charge in [-0.25, -0.2) is 4.79 Å². The maximum atomic E-state index is 10.8. The van der Waals surface area contributed by atoms with Gasteiger partial charge in [-0.15, -0.1) is 0 Å². The number of aldehydes is 1. The van der Waals surface area contributed by atoms with Crippen LogP contribution in [0.15, 0.2) is 0 Å². The van der Waals surface area contributed by atoms with Crippen molar-refractivity contribution in [2.45, 2.75) is 12.8 Å². The number of ether oxygens (including phenoxy) is 1. The van der Waals surface area contributed by atoms with Crippen molar-refractivity contribution >= 4 is 12.4 Å². The highest BCUT2D eigenvalue weighted by Gasteiger charge is 2.32. The van der Waals surface area contributed by atoms with E-state index in [1.54, 1.807) is 0 Å². The number of rotatable bonds is 3. The highest BCUT2D eigenvalue weighted by Crippen LogP contribution is 2.26. The zero-order valence-corrected chi connectivity index (χ0v) is 7.28. The van der Waals surface area contributed by atoms with E-state index < -0.39 is 11.5 Å². The minimum atomic E-state index is -1.09. The molecular weight excluding hydrogens is 174 g/mol. The first kappa shape index (κ1) is 9.98. The molecule has 0 spiro atoms. The molecular formula is C8H13NO4. The molecule has 5 nitrogen and oxygen atoms in total. The van der Waals surface area contributed by atoms with E-state index in [0.717, 1.165) is 6.29 Å². The van der Waals surface area contributed by atoms with Crippen LogP contribution in [0.1, 0.15) is 12.8 Å². The fourth-order valence-electron chi connectivity index (χ4n) is 1.37. The molecule has 13 heavy (non-hydrogen) atoms. The third kappa shape index (κ3) is 2.69. The molecule has 1 saturated heterocycles. The average Bonchev–Trinajstić information content (AvgIpc) is 2.16. The molecule has 1 rings (SSSR count). The van der Waals surface area contributed by atoms with Crippen LogP contribution < -0.4 is 5.32 Å². The van der Waals surface area contributed by atoms with Gasteiger partial charge < -0.3 is 20.0 Å².